The zero-order chi connectivity index (χ0) is 18.6. The SMILES string of the molecule is N#Cc1ccccc1N1CN(c2cccc(N)c2)CC(c2ccccn2)=N1. The molecule has 3 aromatic rings. The van der Waals surface area contributed by atoms with Crippen molar-refractivity contribution in [1.82, 2.24) is 4.98 Å². The van der Waals surface area contributed by atoms with E-state index in [1.165, 1.54) is 0 Å². The van der Waals surface area contributed by atoms with E-state index in [-0.39, 0.29) is 0 Å². The summed E-state index contributed by atoms with van der Waals surface area (Å²) in [5.41, 5.74) is 10.7. The minimum absolute atomic E-state index is 0.512. The van der Waals surface area contributed by atoms with Gasteiger partial charge in [0.05, 0.1) is 23.5 Å². The van der Waals surface area contributed by atoms with Gasteiger partial charge in [0.1, 0.15) is 18.4 Å². The van der Waals surface area contributed by atoms with Crippen molar-refractivity contribution in [2.45, 2.75) is 0 Å². The average Bonchev–Trinajstić information content (AvgIpc) is 2.74. The largest absolute Gasteiger partial charge is 0.399 e. The Labute approximate surface area is 157 Å². The fourth-order valence-corrected chi connectivity index (χ4v) is 3.08. The summed E-state index contributed by atoms with van der Waals surface area (Å²) in [7, 11) is 0. The van der Waals surface area contributed by atoms with Crippen molar-refractivity contribution in [3.63, 3.8) is 0 Å². The van der Waals surface area contributed by atoms with Gasteiger partial charge in [0.15, 0.2) is 0 Å². The number of pyridine rings is 1. The second-order valence-electron chi connectivity index (χ2n) is 6.22. The van der Waals surface area contributed by atoms with Gasteiger partial charge in [-0.25, -0.2) is 5.01 Å². The van der Waals surface area contributed by atoms with Crippen molar-refractivity contribution < 1.29 is 0 Å². The van der Waals surface area contributed by atoms with E-state index in [1.54, 1.807) is 12.3 Å². The molecule has 0 aliphatic carbocycles. The van der Waals surface area contributed by atoms with Gasteiger partial charge in [-0.3, -0.25) is 4.98 Å². The topological polar surface area (TPSA) is 81.5 Å². The molecule has 27 heavy (non-hydrogen) atoms. The Hall–Kier alpha value is -3.85. The maximum Gasteiger partial charge on any atom is 0.113 e. The van der Waals surface area contributed by atoms with E-state index < -0.39 is 0 Å². The third-order valence-corrected chi connectivity index (χ3v) is 4.39. The summed E-state index contributed by atoms with van der Waals surface area (Å²) in [6, 6.07) is 23.2. The second-order valence-corrected chi connectivity index (χ2v) is 6.22. The molecule has 0 atom stereocenters. The highest BCUT2D eigenvalue weighted by molar-refractivity contribution is 6.03. The number of benzene rings is 2. The van der Waals surface area contributed by atoms with Gasteiger partial charge in [0.25, 0.3) is 0 Å². The molecule has 6 nitrogen and oxygen atoms in total. The smallest absolute Gasteiger partial charge is 0.113 e. The highest BCUT2D eigenvalue weighted by Gasteiger charge is 2.24. The van der Waals surface area contributed by atoms with Gasteiger partial charge in [-0.1, -0.05) is 24.3 Å². The van der Waals surface area contributed by atoms with Crippen LogP contribution in [0.25, 0.3) is 0 Å². The van der Waals surface area contributed by atoms with Gasteiger partial charge in [-0.15, -0.1) is 0 Å². The van der Waals surface area contributed by atoms with E-state index >= 15 is 0 Å². The van der Waals surface area contributed by atoms with Crippen LogP contribution in [0.15, 0.2) is 78.0 Å². The fourth-order valence-electron chi connectivity index (χ4n) is 3.08. The third kappa shape index (κ3) is 3.44. The number of anilines is 3. The number of rotatable bonds is 3. The Bertz CT molecular complexity index is 1020. The molecule has 1 aliphatic rings. The van der Waals surface area contributed by atoms with Crippen LogP contribution in [0.4, 0.5) is 17.1 Å². The number of hydrogen-bond acceptors (Lipinski definition) is 6. The summed E-state index contributed by atoms with van der Waals surface area (Å²) < 4.78 is 0. The predicted molar refractivity (Wildman–Crippen MR) is 107 cm³/mol. The molecule has 0 amide bonds. The van der Waals surface area contributed by atoms with Crippen molar-refractivity contribution in [1.29, 1.82) is 5.26 Å². The third-order valence-electron chi connectivity index (χ3n) is 4.39. The molecule has 0 bridgehead atoms. The Morgan fingerprint density at radius 3 is 2.63 bits per heavy atom. The average molecular weight is 354 g/mol. The first-order chi connectivity index (χ1) is 13.2. The summed E-state index contributed by atoms with van der Waals surface area (Å²) in [6.07, 6.45) is 1.75. The molecule has 0 spiro atoms. The molecule has 4 rings (SSSR count). The summed E-state index contributed by atoms with van der Waals surface area (Å²) in [6.45, 7) is 1.12. The Morgan fingerprint density at radius 2 is 1.85 bits per heavy atom. The second kappa shape index (κ2) is 7.18. The number of nitrogens with two attached hydrogens (primary N) is 1. The lowest BCUT2D eigenvalue weighted by Gasteiger charge is -2.35. The zero-order valence-electron chi connectivity index (χ0n) is 14.7. The molecule has 2 heterocycles. The number of nitrogens with zero attached hydrogens (tertiary/aromatic N) is 5. The molecule has 0 saturated heterocycles. The molecule has 0 fully saturated rings. The molecule has 2 N–H and O–H groups in total. The van der Waals surface area contributed by atoms with Gasteiger partial charge in [0.2, 0.25) is 0 Å². The zero-order valence-corrected chi connectivity index (χ0v) is 14.7. The Balaban J connectivity index is 1.78. The maximum absolute atomic E-state index is 9.48. The molecule has 132 valence electrons. The van der Waals surface area contributed by atoms with E-state index in [1.807, 2.05) is 65.7 Å². The quantitative estimate of drug-likeness (QED) is 0.730. The van der Waals surface area contributed by atoms with Crippen LogP contribution in [0.1, 0.15) is 11.3 Å². The maximum atomic E-state index is 9.48. The van der Waals surface area contributed by atoms with Crippen molar-refractivity contribution in [3.05, 3.63) is 84.2 Å². The van der Waals surface area contributed by atoms with Crippen LogP contribution in [-0.2, 0) is 0 Å². The summed E-state index contributed by atoms with van der Waals surface area (Å²) in [5, 5.41) is 16.1. The first kappa shape index (κ1) is 16.6. The molecular weight excluding hydrogens is 336 g/mol. The lowest BCUT2D eigenvalue weighted by Crippen LogP contribution is -2.45. The Morgan fingerprint density at radius 1 is 1.00 bits per heavy atom. The lowest BCUT2D eigenvalue weighted by molar-refractivity contribution is 0.755. The van der Waals surface area contributed by atoms with Crippen molar-refractivity contribution in [3.8, 4) is 6.07 Å². The lowest BCUT2D eigenvalue weighted by atomic mass is 10.1. The summed E-state index contributed by atoms with van der Waals surface area (Å²) in [5.74, 6) is 0. The van der Waals surface area contributed by atoms with Gasteiger partial charge >= 0.3 is 0 Å². The number of hydrogen-bond donors (Lipinski definition) is 1. The molecule has 1 aromatic heterocycles. The number of hydrazone groups is 1. The first-order valence-corrected chi connectivity index (χ1v) is 8.60. The van der Waals surface area contributed by atoms with E-state index in [2.05, 4.69) is 16.0 Å². The van der Waals surface area contributed by atoms with Crippen molar-refractivity contribution >= 4 is 22.8 Å². The number of para-hydroxylation sites is 1. The molecule has 2 aromatic carbocycles. The highest BCUT2D eigenvalue weighted by Crippen LogP contribution is 2.26. The van der Waals surface area contributed by atoms with Crippen LogP contribution in [-0.4, -0.2) is 23.9 Å². The first-order valence-electron chi connectivity index (χ1n) is 8.60. The molecule has 1 aliphatic heterocycles. The van der Waals surface area contributed by atoms with Crippen LogP contribution in [0.5, 0.6) is 0 Å². The van der Waals surface area contributed by atoms with Gasteiger partial charge in [-0.05, 0) is 42.5 Å². The molecule has 0 saturated carbocycles. The number of nitrogen functional groups attached to an aromatic ring is 1. The van der Waals surface area contributed by atoms with E-state index in [0.29, 0.717) is 24.5 Å². The molecule has 0 radical (unpaired) electrons. The minimum atomic E-state index is 0.512. The van der Waals surface area contributed by atoms with Crippen LogP contribution >= 0.6 is 0 Å². The normalized spacial score (nSPS) is 13.8. The highest BCUT2D eigenvalue weighted by atomic mass is 15.5. The summed E-state index contributed by atoms with van der Waals surface area (Å²) >= 11 is 0. The minimum Gasteiger partial charge on any atom is -0.399 e. The monoisotopic (exact) mass is 354 g/mol. The Kier molecular flexibility index (Phi) is 4.42. The standard InChI is InChI=1S/C21H18N6/c22-13-16-6-1-2-10-21(16)27-15-26(18-8-5-7-17(23)12-18)14-20(25-27)19-9-3-4-11-24-19/h1-12H,14-15,23H2. The van der Waals surface area contributed by atoms with E-state index in [0.717, 1.165) is 22.8 Å². The van der Waals surface area contributed by atoms with Crippen molar-refractivity contribution in [2.24, 2.45) is 5.10 Å². The fraction of sp³-hybridized carbons (Fsp3) is 0.0952. The van der Waals surface area contributed by atoms with Crippen LogP contribution in [0.2, 0.25) is 0 Å². The van der Waals surface area contributed by atoms with E-state index in [4.69, 9.17) is 10.8 Å². The molecule has 6 heteroatoms. The number of nitriles is 1. The van der Waals surface area contributed by atoms with Gasteiger partial charge < -0.3 is 10.6 Å². The van der Waals surface area contributed by atoms with Crippen LogP contribution in [0.3, 0.4) is 0 Å². The number of aromatic nitrogens is 1. The predicted octanol–water partition coefficient (Wildman–Crippen LogP) is 3.22. The van der Waals surface area contributed by atoms with Crippen LogP contribution < -0.4 is 15.6 Å². The van der Waals surface area contributed by atoms with Crippen molar-refractivity contribution in [2.75, 3.05) is 28.9 Å². The molecular formula is C21H18N6. The van der Waals surface area contributed by atoms with E-state index in [9.17, 15) is 5.26 Å². The van der Waals surface area contributed by atoms with Gasteiger partial charge in [-0.2, -0.15) is 10.4 Å². The summed E-state index contributed by atoms with van der Waals surface area (Å²) in [4.78, 5) is 6.61. The molecule has 0 unspecified atom stereocenters. The van der Waals surface area contributed by atoms with Gasteiger partial charge in [0, 0.05) is 17.6 Å². The van der Waals surface area contributed by atoms with Crippen LogP contribution in [0, 0.1) is 11.3 Å².